The lowest BCUT2D eigenvalue weighted by Crippen LogP contribution is -2.44. The molecular formula is C15H24N4O2. The largest absolute Gasteiger partial charge is 0.381 e. The zero-order valence-corrected chi connectivity index (χ0v) is 12.4. The zero-order chi connectivity index (χ0) is 14.5. The van der Waals surface area contributed by atoms with Gasteiger partial charge in [-0.25, -0.2) is 4.79 Å². The van der Waals surface area contributed by atoms with Gasteiger partial charge >= 0.3 is 6.03 Å². The Morgan fingerprint density at radius 1 is 1.43 bits per heavy atom. The van der Waals surface area contributed by atoms with E-state index in [-0.39, 0.29) is 6.03 Å². The van der Waals surface area contributed by atoms with Crippen LogP contribution in [0.5, 0.6) is 0 Å². The molecule has 1 aromatic heterocycles. The van der Waals surface area contributed by atoms with Crippen molar-refractivity contribution in [2.45, 2.75) is 38.3 Å². The molecule has 1 saturated heterocycles. The van der Waals surface area contributed by atoms with Gasteiger partial charge in [-0.1, -0.05) is 0 Å². The summed E-state index contributed by atoms with van der Waals surface area (Å²) in [7, 11) is 0. The molecule has 116 valence electrons. The number of aromatic nitrogens is 2. The van der Waals surface area contributed by atoms with Crippen LogP contribution in [0.15, 0.2) is 18.5 Å². The summed E-state index contributed by atoms with van der Waals surface area (Å²) in [5.41, 5.74) is 0. The molecule has 6 nitrogen and oxygen atoms in total. The molecule has 0 spiro atoms. The van der Waals surface area contributed by atoms with Crippen LogP contribution in [0.3, 0.4) is 0 Å². The van der Waals surface area contributed by atoms with Crippen molar-refractivity contribution in [1.29, 1.82) is 0 Å². The quantitative estimate of drug-likeness (QED) is 0.775. The average molecular weight is 292 g/mol. The normalized spacial score (nSPS) is 21.4. The minimum atomic E-state index is 0.0878. The number of nitrogens with one attached hydrogen (secondary N) is 1. The van der Waals surface area contributed by atoms with E-state index in [0.29, 0.717) is 18.5 Å². The summed E-state index contributed by atoms with van der Waals surface area (Å²) in [5, 5.41) is 7.20. The molecule has 0 radical (unpaired) electrons. The van der Waals surface area contributed by atoms with Crippen LogP contribution in [0.1, 0.15) is 25.7 Å². The Labute approximate surface area is 125 Å². The topological polar surface area (TPSA) is 59.4 Å². The van der Waals surface area contributed by atoms with Crippen LogP contribution in [0.25, 0.3) is 0 Å². The van der Waals surface area contributed by atoms with Crippen molar-refractivity contribution in [3.05, 3.63) is 18.5 Å². The van der Waals surface area contributed by atoms with Crippen molar-refractivity contribution < 1.29 is 9.53 Å². The molecule has 3 rings (SSSR count). The smallest absolute Gasteiger partial charge is 0.317 e. The van der Waals surface area contributed by atoms with E-state index in [1.54, 1.807) is 6.20 Å². The number of hydrogen-bond donors (Lipinski definition) is 1. The highest BCUT2D eigenvalue weighted by Crippen LogP contribution is 2.28. The zero-order valence-electron chi connectivity index (χ0n) is 12.4. The molecule has 1 saturated carbocycles. The summed E-state index contributed by atoms with van der Waals surface area (Å²) in [5.74, 6) is 0.514. The predicted molar refractivity (Wildman–Crippen MR) is 78.9 cm³/mol. The Bertz CT molecular complexity index is 439. The number of urea groups is 1. The molecule has 0 bridgehead atoms. The van der Waals surface area contributed by atoms with Gasteiger partial charge < -0.3 is 15.0 Å². The van der Waals surface area contributed by atoms with Crippen LogP contribution in [0.2, 0.25) is 0 Å². The van der Waals surface area contributed by atoms with Gasteiger partial charge in [0.25, 0.3) is 0 Å². The number of carbonyl (C=O) groups is 1. The fourth-order valence-corrected chi connectivity index (χ4v) is 2.76. The molecule has 2 fully saturated rings. The van der Waals surface area contributed by atoms with Crippen molar-refractivity contribution >= 4 is 6.03 Å². The van der Waals surface area contributed by atoms with Gasteiger partial charge in [-0.3, -0.25) is 4.68 Å². The SMILES string of the molecule is O=C(NCCCn1cccn1)N(C[C@H]1CCOC1)C1CC1. The first-order chi connectivity index (χ1) is 10.3. The van der Waals surface area contributed by atoms with Gasteiger partial charge in [-0.2, -0.15) is 5.10 Å². The van der Waals surface area contributed by atoms with Gasteiger partial charge in [0.2, 0.25) is 0 Å². The maximum Gasteiger partial charge on any atom is 0.317 e. The predicted octanol–water partition coefficient (Wildman–Crippen LogP) is 1.48. The average Bonchev–Trinajstić information content (AvgIpc) is 2.99. The first-order valence-electron chi connectivity index (χ1n) is 7.92. The van der Waals surface area contributed by atoms with Gasteiger partial charge in [0, 0.05) is 50.6 Å². The number of ether oxygens (including phenoxy) is 1. The number of hydrogen-bond acceptors (Lipinski definition) is 3. The van der Waals surface area contributed by atoms with Crippen LogP contribution < -0.4 is 5.32 Å². The highest BCUT2D eigenvalue weighted by atomic mass is 16.5. The van der Waals surface area contributed by atoms with Crippen LogP contribution in [-0.4, -0.2) is 53.1 Å². The fourth-order valence-electron chi connectivity index (χ4n) is 2.76. The van der Waals surface area contributed by atoms with E-state index in [4.69, 9.17) is 4.74 Å². The van der Waals surface area contributed by atoms with Gasteiger partial charge in [-0.05, 0) is 31.7 Å². The second-order valence-electron chi connectivity index (χ2n) is 5.97. The highest BCUT2D eigenvalue weighted by Gasteiger charge is 2.34. The summed E-state index contributed by atoms with van der Waals surface area (Å²) < 4.78 is 7.30. The third-order valence-electron chi connectivity index (χ3n) is 4.13. The maximum atomic E-state index is 12.3. The van der Waals surface area contributed by atoms with Crippen molar-refractivity contribution in [2.75, 3.05) is 26.3 Å². The van der Waals surface area contributed by atoms with Crippen molar-refractivity contribution in [3.8, 4) is 0 Å². The van der Waals surface area contributed by atoms with Crippen molar-refractivity contribution in [1.82, 2.24) is 20.0 Å². The Hall–Kier alpha value is -1.56. The molecule has 6 heteroatoms. The standard InChI is InChI=1S/C15H24N4O2/c20-15(16-6-1-8-18-9-2-7-17-18)19(14-3-4-14)11-13-5-10-21-12-13/h2,7,9,13-14H,1,3-6,8,10-12H2,(H,16,20)/t13-/m1/s1. The third kappa shape index (κ3) is 4.20. The Balaban J connectivity index is 1.39. The lowest BCUT2D eigenvalue weighted by atomic mass is 10.1. The van der Waals surface area contributed by atoms with Gasteiger partial charge in [0.1, 0.15) is 0 Å². The second-order valence-corrected chi connectivity index (χ2v) is 5.97. The summed E-state index contributed by atoms with van der Waals surface area (Å²) in [4.78, 5) is 14.3. The van der Waals surface area contributed by atoms with Crippen LogP contribution in [-0.2, 0) is 11.3 Å². The Morgan fingerprint density at radius 3 is 3.00 bits per heavy atom. The van der Waals surface area contributed by atoms with E-state index in [9.17, 15) is 4.79 Å². The first-order valence-corrected chi connectivity index (χ1v) is 7.92. The van der Waals surface area contributed by atoms with Gasteiger partial charge in [0.05, 0.1) is 6.61 Å². The van der Waals surface area contributed by atoms with Crippen LogP contribution >= 0.6 is 0 Å². The van der Waals surface area contributed by atoms with Crippen molar-refractivity contribution in [2.24, 2.45) is 5.92 Å². The molecule has 1 aliphatic heterocycles. The highest BCUT2D eigenvalue weighted by molar-refractivity contribution is 5.74. The second kappa shape index (κ2) is 6.93. The third-order valence-corrected chi connectivity index (χ3v) is 4.13. The summed E-state index contributed by atoms with van der Waals surface area (Å²) in [6, 6.07) is 2.46. The minimum absolute atomic E-state index is 0.0878. The first kappa shape index (κ1) is 14.4. The molecule has 21 heavy (non-hydrogen) atoms. The van der Waals surface area contributed by atoms with Crippen molar-refractivity contribution in [3.63, 3.8) is 0 Å². The molecule has 1 aliphatic carbocycles. The molecule has 2 heterocycles. The number of nitrogens with zero attached hydrogens (tertiary/aromatic N) is 3. The van der Waals surface area contributed by atoms with E-state index < -0.39 is 0 Å². The number of rotatable bonds is 7. The fraction of sp³-hybridized carbons (Fsp3) is 0.733. The van der Waals surface area contributed by atoms with E-state index in [1.165, 1.54) is 0 Å². The Kier molecular flexibility index (Phi) is 4.75. The summed E-state index contributed by atoms with van der Waals surface area (Å²) in [6.45, 7) is 4.02. The maximum absolute atomic E-state index is 12.3. The monoisotopic (exact) mass is 292 g/mol. The molecular weight excluding hydrogens is 268 g/mol. The number of amides is 2. The lowest BCUT2D eigenvalue weighted by molar-refractivity contribution is 0.162. The molecule has 0 unspecified atom stereocenters. The molecule has 1 atom stereocenters. The molecule has 1 aromatic rings. The lowest BCUT2D eigenvalue weighted by Gasteiger charge is -2.25. The van der Waals surface area contributed by atoms with Gasteiger partial charge in [-0.15, -0.1) is 0 Å². The number of carbonyl (C=O) groups excluding carboxylic acids is 1. The van der Waals surface area contributed by atoms with E-state index in [1.807, 2.05) is 21.8 Å². The van der Waals surface area contributed by atoms with Crippen LogP contribution in [0.4, 0.5) is 4.79 Å². The molecule has 2 amide bonds. The van der Waals surface area contributed by atoms with Gasteiger partial charge in [0.15, 0.2) is 0 Å². The van der Waals surface area contributed by atoms with E-state index in [0.717, 1.165) is 52.0 Å². The Morgan fingerprint density at radius 2 is 2.33 bits per heavy atom. The molecule has 1 N–H and O–H groups in total. The molecule has 0 aromatic carbocycles. The van der Waals surface area contributed by atoms with E-state index in [2.05, 4.69) is 10.4 Å². The molecule has 2 aliphatic rings. The van der Waals surface area contributed by atoms with Crippen LogP contribution in [0, 0.1) is 5.92 Å². The minimum Gasteiger partial charge on any atom is -0.381 e. The summed E-state index contributed by atoms with van der Waals surface area (Å²) >= 11 is 0. The number of aryl methyl sites for hydroxylation is 1. The summed E-state index contributed by atoms with van der Waals surface area (Å²) in [6.07, 6.45) is 7.99. The van der Waals surface area contributed by atoms with E-state index >= 15 is 0 Å².